The van der Waals surface area contributed by atoms with E-state index in [1.54, 1.807) is 0 Å². The summed E-state index contributed by atoms with van der Waals surface area (Å²) in [6.07, 6.45) is 18.6. The zero-order valence-corrected chi connectivity index (χ0v) is 42.9. The van der Waals surface area contributed by atoms with Gasteiger partial charge in [0.1, 0.15) is 0 Å². The third-order valence-corrected chi connectivity index (χ3v) is 11.7. The molecular weight excluding hydrogens is 911 g/mol. The van der Waals surface area contributed by atoms with Gasteiger partial charge in [0.15, 0.2) is 15.7 Å². The fourth-order valence-corrected chi connectivity index (χ4v) is 7.04. The monoisotopic (exact) mass is 974 g/mol. The Bertz CT molecular complexity index is 1500. The number of esters is 2. The smallest absolute Gasteiger partial charge is 0.550 e. The summed E-state index contributed by atoms with van der Waals surface area (Å²) in [6.45, 7) is 4.38. The van der Waals surface area contributed by atoms with Crippen LogP contribution >= 0.6 is 0 Å². The van der Waals surface area contributed by atoms with Gasteiger partial charge in [-0.2, -0.15) is 25.3 Å². The Morgan fingerprint density at radius 1 is 0.435 bits per heavy atom. The largest absolute Gasteiger partial charge is 1.00 e. The van der Waals surface area contributed by atoms with Gasteiger partial charge >= 0.3 is 83.0 Å². The van der Waals surface area contributed by atoms with E-state index in [0.29, 0.717) is 12.8 Å². The summed E-state index contributed by atoms with van der Waals surface area (Å²) in [5, 5.41) is 30.5. The summed E-state index contributed by atoms with van der Waals surface area (Å²) >= 11 is 0. The van der Waals surface area contributed by atoms with Crippen LogP contribution in [0.25, 0.3) is 0 Å². The summed E-state index contributed by atoms with van der Waals surface area (Å²) in [5.74, 6) is -9.49. The molecule has 26 heteroatoms. The molecule has 0 aliphatic carbocycles. The van der Waals surface area contributed by atoms with Gasteiger partial charge in [-0.3, -0.25) is 32.8 Å². The third kappa shape index (κ3) is 43.8. The number of hydrogen-bond acceptors (Lipinski definition) is 16. The molecule has 0 aromatic rings. The second-order valence-corrected chi connectivity index (χ2v) is 18.6. The van der Waals surface area contributed by atoms with Crippen molar-refractivity contribution in [2.24, 2.45) is 0 Å². The van der Waals surface area contributed by atoms with Crippen molar-refractivity contribution in [2.75, 3.05) is 13.2 Å². The first-order valence-corrected chi connectivity index (χ1v) is 24.4. The first-order valence-electron chi connectivity index (χ1n) is 19.9. The van der Waals surface area contributed by atoms with Gasteiger partial charge < -0.3 is 39.5 Å². The molecule has 0 aliphatic heterocycles. The molecule has 0 heterocycles. The third-order valence-electron chi connectivity index (χ3n) is 8.43. The quantitative estimate of drug-likeness (QED) is 0.0181. The molecule has 0 amide bonds. The molecule has 0 rings (SSSR count). The van der Waals surface area contributed by atoms with Crippen LogP contribution in [-0.4, -0.2) is 114 Å². The molecule has 0 fully saturated rings. The van der Waals surface area contributed by atoms with E-state index in [9.17, 15) is 64.2 Å². The number of unbranched alkanes of at least 4 members (excludes halogenated alkanes) is 18. The van der Waals surface area contributed by atoms with Gasteiger partial charge in [0, 0.05) is 24.8 Å². The van der Waals surface area contributed by atoms with Crippen molar-refractivity contribution in [3.8, 4) is 0 Å². The van der Waals surface area contributed by atoms with Gasteiger partial charge in [0.25, 0.3) is 30.4 Å². The first kappa shape index (κ1) is 69.6. The SMILES string of the molecule is CCCCCCCCCCCCOC(=O)C(CC(=O)[O-])S(=O)(=O)O.CCCCCCCCCCCCOC(=O)C(CC(=O)[O-])S(=O)(=O)O.O=C(O)CC(C(=O)O)S(=O)(=O)O.[Na+].[Na+]. The number of carbonyl (C=O) groups is 6. The van der Waals surface area contributed by atoms with Crippen molar-refractivity contribution >= 4 is 66.2 Å². The van der Waals surface area contributed by atoms with E-state index >= 15 is 0 Å². The molecule has 5 N–H and O–H groups in total. The van der Waals surface area contributed by atoms with Gasteiger partial charge in [-0.25, -0.2) is 0 Å². The minimum Gasteiger partial charge on any atom is -0.550 e. The fourth-order valence-electron chi connectivity index (χ4n) is 5.11. The topological polar surface area (TPSA) is 371 Å². The number of carboxylic acids is 4. The van der Waals surface area contributed by atoms with E-state index < -0.39 is 101 Å². The standard InChI is InChI=1S/2C16H30O7S.C4H6O7S.2Na/c2*1-2-3-4-5-6-7-8-9-10-11-12-23-16(19)14(13-15(17)18)24(20,21)22;5-3(6)1-2(4(7)8)12(9,10)11;;/h2*14H,2-13H2,1H3,(H,17,18)(H,20,21,22);2H,1H2,(H,5,6)(H,7,8)(H,9,10,11);;/q;;;2*+1/p-2. The fraction of sp³-hybridized carbons (Fsp3) is 0.833. The van der Waals surface area contributed by atoms with E-state index in [2.05, 4.69) is 13.8 Å². The molecule has 0 aromatic carbocycles. The van der Waals surface area contributed by atoms with Crippen LogP contribution in [-0.2, 0) is 68.6 Å². The van der Waals surface area contributed by atoms with Crippen molar-refractivity contribution < 1.29 is 157 Å². The molecule has 354 valence electrons. The van der Waals surface area contributed by atoms with Crippen LogP contribution in [0, 0.1) is 0 Å². The van der Waals surface area contributed by atoms with Crippen molar-refractivity contribution in [3.05, 3.63) is 0 Å². The zero-order chi connectivity index (χ0) is 46.8. The molecule has 0 aliphatic rings. The predicted molar refractivity (Wildman–Crippen MR) is 211 cm³/mol. The van der Waals surface area contributed by atoms with Gasteiger partial charge in [0.2, 0.25) is 0 Å². The maximum Gasteiger partial charge on any atom is 1.00 e. The molecule has 21 nitrogen and oxygen atoms in total. The van der Waals surface area contributed by atoms with Gasteiger partial charge in [-0.05, 0) is 12.8 Å². The Kier molecular flexibility index (Phi) is 46.0. The summed E-state index contributed by atoms with van der Waals surface area (Å²) in [6, 6.07) is 0. The summed E-state index contributed by atoms with van der Waals surface area (Å²) in [5.41, 5.74) is 0. The van der Waals surface area contributed by atoms with E-state index in [4.69, 9.17) is 33.3 Å². The normalized spacial score (nSPS) is 12.5. The number of rotatable bonds is 34. The molecule has 0 aromatic heterocycles. The minimum atomic E-state index is -4.84. The second-order valence-electron chi connectivity index (χ2n) is 13.8. The molecule has 3 atom stereocenters. The number of carbonyl (C=O) groups excluding carboxylic acids is 4. The number of aliphatic carboxylic acids is 4. The molecule has 0 saturated heterocycles. The minimum absolute atomic E-state index is 0. The Hall–Kier alpha value is -1.45. The van der Waals surface area contributed by atoms with Crippen LogP contribution in [0.2, 0.25) is 0 Å². The van der Waals surface area contributed by atoms with Crippen LogP contribution < -0.4 is 69.3 Å². The summed E-state index contributed by atoms with van der Waals surface area (Å²) < 4.78 is 99.7. The van der Waals surface area contributed by atoms with E-state index in [1.807, 2.05) is 0 Å². The maximum atomic E-state index is 11.5. The van der Waals surface area contributed by atoms with Crippen LogP contribution in [0.1, 0.15) is 162 Å². The number of carboxylic acid groups (broad SMARTS) is 4. The summed E-state index contributed by atoms with van der Waals surface area (Å²) in [7, 11) is -14.5. The van der Waals surface area contributed by atoms with Crippen LogP contribution in [0.15, 0.2) is 0 Å². The van der Waals surface area contributed by atoms with Crippen molar-refractivity contribution in [3.63, 3.8) is 0 Å². The Morgan fingerprint density at radius 2 is 0.677 bits per heavy atom. The van der Waals surface area contributed by atoms with E-state index in [-0.39, 0.29) is 72.3 Å². The van der Waals surface area contributed by atoms with Crippen molar-refractivity contribution in [1.29, 1.82) is 0 Å². The van der Waals surface area contributed by atoms with Crippen LogP contribution in [0.3, 0.4) is 0 Å². The Labute approximate surface area is 410 Å². The summed E-state index contributed by atoms with van der Waals surface area (Å²) in [4.78, 5) is 63.9. The molecule has 62 heavy (non-hydrogen) atoms. The average molecular weight is 975 g/mol. The van der Waals surface area contributed by atoms with Crippen LogP contribution in [0.4, 0.5) is 0 Å². The van der Waals surface area contributed by atoms with E-state index in [0.717, 1.165) is 38.5 Å². The average Bonchev–Trinajstić information content (AvgIpc) is 3.11. The Balaban J connectivity index is -0.000000272. The second kappa shape index (κ2) is 41.0. The van der Waals surface area contributed by atoms with Gasteiger partial charge in [-0.1, -0.05) is 129 Å². The van der Waals surface area contributed by atoms with E-state index in [1.165, 1.54) is 77.0 Å². The molecule has 3 unspecified atom stereocenters. The van der Waals surface area contributed by atoms with Crippen molar-refractivity contribution in [1.82, 2.24) is 0 Å². The molecular formula is C36H64Na2O21S3. The number of ether oxygens (including phenoxy) is 2. The van der Waals surface area contributed by atoms with Gasteiger partial charge in [0.05, 0.1) is 19.6 Å². The van der Waals surface area contributed by atoms with Crippen LogP contribution in [0.5, 0.6) is 0 Å². The molecule has 0 saturated carbocycles. The molecule has 0 bridgehead atoms. The van der Waals surface area contributed by atoms with Crippen molar-refractivity contribution in [2.45, 2.75) is 177 Å². The molecule has 0 radical (unpaired) electrons. The molecule has 0 spiro atoms. The first-order chi connectivity index (χ1) is 27.8. The predicted octanol–water partition coefficient (Wildman–Crippen LogP) is -3.50. The number of hydrogen-bond donors (Lipinski definition) is 5. The zero-order valence-electron chi connectivity index (χ0n) is 36.4. The van der Waals surface area contributed by atoms with Gasteiger partial charge in [-0.15, -0.1) is 0 Å². The Morgan fingerprint density at radius 3 is 0.855 bits per heavy atom. The maximum absolute atomic E-state index is 11.5.